The van der Waals surface area contributed by atoms with Gasteiger partial charge in [-0.25, -0.2) is 56.2 Å². The highest BCUT2D eigenvalue weighted by Crippen LogP contribution is 2.39. The molecule has 9 aromatic heterocycles. The molecule has 12 heterocycles. The fourth-order valence-electron chi connectivity index (χ4n) is 20.5. The zero-order valence-corrected chi connectivity index (χ0v) is 82.0. The molecule has 0 saturated heterocycles. The number of ether oxygens (including phenoxy) is 2. The number of aliphatic carboxylic acids is 1. The number of pyridine rings is 3. The van der Waals surface area contributed by atoms with Gasteiger partial charge >= 0.3 is 5.97 Å². The van der Waals surface area contributed by atoms with Crippen molar-refractivity contribution >= 4 is 68.2 Å². The number of hydrogen-bond donors (Lipinski definition) is 8. The fraction of sp³-hybridized carbons (Fsp3) is 0.383. The molecular weight excluding hydrogens is 1900 g/mol. The van der Waals surface area contributed by atoms with Crippen LogP contribution in [0.25, 0.3) is 67.3 Å². The second-order valence-electron chi connectivity index (χ2n) is 38.9. The van der Waals surface area contributed by atoms with Gasteiger partial charge in [0.15, 0.2) is 69.3 Å². The van der Waals surface area contributed by atoms with Crippen LogP contribution in [0, 0.1) is 70.4 Å². The number of amides is 5. The van der Waals surface area contributed by atoms with Gasteiger partial charge in [0.1, 0.15) is 47.7 Å². The maximum absolute atomic E-state index is 15.0. The molecule has 0 unspecified atom stereocenters. The first kappa shape index (κ1) is 103. The predicted octanol–water partition coefficient (Wildman–Crippen LogP) is 14.7. The minimum Gasteiger partial charge on any atom is -0.503 e. The summed E-state index contributed by atoms with van der Waals surface area (Å²) < 4.78 is 102. The number of hydrogen-bond acceptors (Lipinski definition) is 22. The Morgan fingerprint density at radius 2 is 0.762 bits per heavy atom. The first-order chi connectivity index (χ1) is 70.8. The number of carbonyl (C=O) groups is 6. The summed E-state index contributed by atoms with van der Waals surface area (Å²) in [6.45, 7) is 15.1. The summed E-state index contributed by atoms with van der Waals surface area (Å²) in [6.07, 6.45) is 12.7. The monoisotopic (exact) mass is 2010 g/mol. The molecule has 40 heteroatoms. The lowest BCUT2D eigenvalue weighted by molar-refractivity contribution is -0.143. The number of aromatic hydroxyl groups is 1. The van der Waals surface area contributed by atoms with Crippen molar-refractivity contribution in [2.24, 2.45) is 41.2 Å². The van der Waals surface area contributed by atoms with Crippen molar-refractivity contribution in [3.05, 3.63) is 280 Å². The highest BCUT2D eigenvalue weighted by atomic mass is 19.1. The molecule has 766 valence electrons. The minimum atomic E-state index is -0.798. The molecule has 0 radical (unpaired) electrons. The third kappa shape index (κ3) is 23.2. The summed E-state index contributed by atoms with van der Waals surface area (Å²) in [7, 11) is 0. The van der Waals surface area contributed by atoms with Gasteiger partial charge < -0.3 is 64.5 Å². The molecule has 14 aromatic rings. The Morgan fingerprint density at radius 1 is 0.429 bits per heavy atom. The summed E-state index contributed by atoms with van der Waals surface area (Å²) in [5, 5.41) is 48.1. The normalized spacial score (nSPS) is 17.7. The average molecular weight is 2020 g/mol. The standard InChI is InChI=1S/C38H39F2N7O4.C31H33F2N7O4.C19H18F2N4O2.C19H23N3O3/c1-22(2)46-13-14-47-27(18-32(48)35(34(47)38(46)50)51-21-23-7-4-3-5-8-23)19-42-37(49)25-10-6-9-24(15-25)16-31-29(40)20-41-36(43-31)33-28-17-26(39)11-12-30(28)44-45-33;1-16(2)39-8-9-40-20(13-25(41)28(42)27(40)31(39)44)14-35-30(43)18-5-3-4-17(10-18)11-24-22(33)15-34-29(36-24)26-21-12-19(32)6-7-23(21)37-38-26;20-12-4-5-15-13(8-12)17(25-24-15)18-22-9-14(21)16(23-18)7-10-2-1-3-11(6-10)19(26)27;1-13(2)21-8-9-22-15(11-20)10-16(23)18(17(22)19(21)24)25-12-14-6-4-3-5-7-14/h3-5,7-8,11-12,17-18,20,22,24-25H,6,9-10,13-16,19,21H2,1-2H3,(H,42,49)(H,44,45);6-7,12-13,15-18,42H,3-5,8-11,14H2,1-2H3,(H,35,43)(H,37,38);4-5,8-11H,1-3,6-7H2,(H,24,25)(H,26,27);3-7,10,13H,8-9,11-12,20H2,1-2H3/t24-,25+;17-,18+;10-,11+;/m111./s1. The van der Waals surface area contributed by atoms with Gasteiger partial charge in [-0.1, -0.05) is 99.2 Å². The Bertz CT molecular complexity index is 7480. The summed E-state index contributed by atoms with van der Waals surface area (Å²) in [5.41, 5.74) is 11.8. The SMILES string of the molecule is CC(C)N1CCn2c(CN)cc(=O)c(OCc3ccccc3)c2C1=O.CC(C)N1CCn2c(CNC(=O)[C@H]3CCC[C@@H](Cc4nc(-c5n[nH]c6ccc(F)cc56)ncc4F)C3)cc(=O)c(O)c2C1=O.CC(C)N1CCn2c(CNC(=O)[C@H]3CCC[C@@H](Cc4nc(-c5n[nH]c6ccc(F)cc56)ncc4F)C3)cc(=O)c(OCc3ccccc3)c2C1=O.O=C(O)[C@H]1CCC[C@@H](Cc2nc(-c3n[nH]c4ccc(F)cc34)ncc2F)C1. The number of rotatable bonds is 26. The number of carbonyl (C=O) groups excluding carboxylic acids is 5. The van der Waals surface area contributed by atoms with E-state index in [4.69, 9.17) is 15.2 Å². The maximum Gasteiger partial charge on any atom is 0.306 e. The number of carboxylic acid groups (broad SMARTS) is 1. The van der Waals surface area contributed by atoms with E-state index < -0.39 is 63.4 Å². The highest BCUT2D eigenvalue weighted by Gasteiger charge is 2.39. The van der Waals surface area contributed by atoms with E-state index in [1.807, 2.05) is 107 Å². The van der Waals surface area contributed by atoms with Crippen LogP contribution in [0.3, 0.4) is 0 Å². The van der Waals surface area contributed by atoms with Gasteiger partial charge in [0, 0.05) is 127 Å². The van der Waals surface area contributed by atoms with Crippen molar-refractivity contribution in [1.82, 2.24) is 99.5 Å². The lowest BCUT2D eigenvalue weighted by atomic mass is 9.79. The first-order valence-corrected chi connectivity index (χ1v) is 49.5. The average Bonchev–Trinajstić information content (AvgIpc) is 1.43. The van der Waals surface area contributed by atoms with Crippen molar-refractivity contribution in [2.75, 3.05) is 19.6 Å². The second kappa shape index (κ2) is 45.3. The number of fused-ring (bicyclic) bond motifs is 6. The maximum atomic E-state index is 15.0. The van der Waals surface area contributed by atoms with Crippen LogP contribution in [0.15, 0.2) is 166 Å². The Labute approximate surface area is 839 Å². The molecule has 3 fully saturated rings. The molecule has 3 aliphatic carbocycles. The van der Waals surface area contributed by atoms with Crippen LogP contribution in [0.5, 0.6) is 17.2 Å². The molecule has 0 spiro atoms. The molecule has 5 aromatic carbocycles. The predicted molar refractivity (Wildman–Crippen MR) is 532 cm³/mol. The Hall–Kier alpha value is -15.6. The topological polar surface area (TPSA) is 451 Å². The summed E-state index contributed by atoms with van der Waals surface area (Å²) in [5.74, 6) is -5.78. The third-order valence-corrected chi connectivity index (χ3v) is 28.1. The molecule has 6 aliphatic rings. The molecule has 34 nitrogen and oxygen atoms in total. The number of nitrogens with zero attached hydrogens (tertiary/aromatic N) is 15. The number of aromatic amines is 3. The van der Waals surface area contributed by atoms with Crippen LogP contribution in [0.2, 0.25) is 0 Å². The van der Waals surface area contributed by atoms with Gasteiger partial charge in [-0.15, -0.1) is 0 Å². The van der Waals surface area contributed by atoms with Crippen molar-refractivity contribution in [2.45, 2.75) is 208 Å². The molecular formula is C107H113F6N21O13. The zero-order chi connectivity index (χ0) is 104. The molecule has 3 aliphatic heterocycles. The van der Waals surface area contributed by atoms with Crippen LogP contribution in [0.1, 0.15) is 195 Å². The molecule has 0 bridgehead atoms. The number of benzene rings is 5. The van der Waals surface area contributed by atoms with Crippen LogP contribution in [0.4, 0.5) is 26.3 Å². The van der Waals surface area contributed by atoms with Crippen molar-refractivity contribution in [3.63, 3.8) is 0 Å². The molecule has 6 atom stereocenters. The Balaban J connectivity index is 0.000000140. The largest absolute Gasteiger partial charge is 0.503 e. The van der Waals surface area contributed by atoms with Crippen molar-refractivity contribution in [1.29, 1.82) is 0 Å². The Morgan fingerprint density at radius 3 is 1.12 bits per heavy atom. The molecule has 147 heavy (non-hydrogen) atoms. The molecule has 9 N–H and O–H groups in total. The van der Waals surface area contributed by atoms with E-state index in [2.05, 4.69) is 71.1 Å². The van der Waals surface area contributed by atoms with Gasteiger partial charge in [0.05, 0.1) is 71.2 Å². The van der Waals surface area contributed by atoms with E-state index in [0.717, 1.165) is 68.2 Å². The van der Waals surface area contributed by atoms with Gasteiger partial charge in [-0.2, -0.15) is 15.3 Å². The van der Waals surface area contributed by atoms with E-state index in [1.54, 1.807) is 42.0 Å². The van der Waals surface area contributed by atoms with Crippen molar-refractivity contribution in [3.8, 4) is 51.8 Å². The van der Waals surface area contributed by atoms with E-state index in [1.165, 1.54) is 54.6 Å². The highest BCUT2D eigenvalue weighted by molar-refractivity contribution is 5.99. The van der Waals surface area contributed by atoms with Gasteiger partial charge in [0.2, 0.25) is 28.1 Å². The molecule has 3 saturated carbocycles. The smallest absolute Gasteiger partial charge is 0.306 e. The zero-order valence-electron chi connectivity index (χ0n) is 82.0. The quantitative estimate of drug-likeness (QED) is 0.0233. The van der Waals surface area contributed by atoms with E-state index in [-0.39, 0.29) is 173 Å². The van der Waals surface area contributed by atoms with Crippen LogP contribution < -0.4 is 42.1 Å². The number of halogens is 6. The Kier molecular flexibility index (Phi) is 31.7. The lowest BCUT2D eigenvalue weighted by Gasteiger charge is -2.35. The van der Waals surface area contributed by atoms with Gasteiger partial charge in [0.25, 0.3) is 17.7 Å². The van der Waals surface area contributed by atoms with E-state index in [0.29, 0.717) is 170 Å². The molecule has 5 amide bonds. The number of carboxylic acids is 1. The van der Waals surface area contributed by atoms with Crippen LogP contribution in [-0.4, -0.2) is 172 Å². The summed E-state index contributed by atoms with van der Waals surface area (Å²) in [6, 6.07) is 35.7. The minimum absolute atomic E-state index is 0.00353. The summed E-state index contributed by atoms with van der Waals surface area (Å²) >= 11 is 0. The third-order valence-electron chi connectivity index (χ3n) is 28.1. The molecule has 20 rings (SSSR count). The van der Waals surface area contributed by atoms with E-state index in [9.17, 15) is 79.7 Å². The number of aromatic nitrogens is 15. The first-order valence-electron chi connectivity index (χ1n) is 49.5. The lowest BCUT2D eigenvalue weighted by Crippen LogP contribution is -2.46. The summed E-state index contributed by atoms with van der Waals surface area (Å²) in [4.78, 5) is 147. The number of H-pyrrole nitrogens is 3. The van der Waals surface area contributed by atoms with E-state index >= 15 is 0 Å². The van der Waals surface area contributed by atoms with Gasteiger partial charge in [-0.05, 0) is 183 Å². The second-order valence-corrected chi connectivity index (χ2v) is 38.9. The van der Waals surface area contributed by atoms with Gasteiger partial charge in [-0.3, -0.25) is 58.4 Å². The number of nitrogens with one attached hydrogen (secondary N) is 5. The number of nitrogens with two attached hydrogens (primary N) is 1. The van der Waals surface area contributed by atoms with Crippen molar-refractivity contribution < 1.29 is 74.8 Å². The fourth-order valence-corrected chi connectivity index (χ4v) is 20.5. The van der Waals surface area contributed by atoms with Crippen LogP contribution in [-0.2, 0) is 86.1 Å². The van der Waals surface area contributed by atoms with Crippen LogP contribution >= 0.6 is 0 Å².